The Kier molecular flexibility index (Phi) is 5.85. The molecule has 0 aliphatic rings. The molecular weight excluding hydrogens is 242 g/mol. The Labute approximate surface area is 113 Å². The highest BCUT2D eigenvalue weighted by Crippen LogP contribution is 2.09. The molecule has 0 bridgehead atoms. The second-order valence-corrected chi connectivity index (χ2v) is 4.91. The van der Waals surface area contributed by atoms with Gasteiger partial charge < -0.3 is 16.3 Å². The van der Waals surface area contributed by atoms with Gasteiger partial charge in [-0.15, -0.1) is 0 Å². The van der Waals surface area contributed by atoms with Crippen molar-refractivity contribution in [3.05, 3.63) is 35.9 Å². The number of nitrogens with zero attached hydrogens (tertiary/aromatic N) is 1. The van der Waals surface area contributed by atoms with Crippen LogP contribution >= 0.6 is 0 Å². The minimum Gasteiger partial charge on any atom is -0.409 e. The smallest absolute Gasteiger partial charge is 0.231 e. The Morgan fingerprint density at radius 2 is 2.00 bits per heavy atom. The average Bonchev–Trinajstić information content (AvgIpc) is 2.42. The van der Waals surface area contributed by atoms with Crippen molar-refractivity contribution >= 4 is 11.7 Å². The Morgan fingerprint density at radius 1 is 1.37 bits per heavy atom. The lowest BCUT2D eigenvalue weighted by atomic mass is 9.97. The quantitative estimate of drug-likeness (QED) is 0.313. The molecule has 1 aromatic rings. The summed E-state index contributed by atoms with van der Waals surface area (Å²) in [6, 6.07) is 9.51. The van der Waals surface area contributed by atoms with Crippen LogP contribution in [0.2, 0.25) is 0 Å². The molecule has 0 spiro atoms. The summed E-state index contributed by atoms with van der Waals surface area (Å²) in [6.07, 6.45) is 0.417. The van der Waals surface area contributed by atoms with E-state index in [1.165, 1.54) is 0 Å². The van der Waals surface area contributed by atoms with Gasteiger partial charge in [-0.3, -0.25) is 4.79 Å². The molecule has 0 radical (unpaired) electrons. The first-order valence-corrected chi connectivity index (χ1v) is 6.33. The summed E-state index contributed by atoms with van der Waals surface area (Å²) < 4.78 is 0. The monoisotopic (exact) mass is 263 g/mol. The first kappa shape index (κ1) is 15.0. The number of benzene rings is 1. The topological polar surface area (TPSA) is 87.7 Å². The van der Waals surface area contributed by atoms with Gasteiger partial charge >= 0.3 is 0 Å². The van der Waals surface area contributed by atoms with Gasteiger partial charge in [0.15, 0.2) is 5.84 Å². The molecule has 0 aromatic heterocycles. The van der Waals surface area contributed by atoms with Crippen LogP contribution in [0.3, 0.4) is 0 Å². The lowest BCUT2D eigenvalue weighted by Gasteiger charge is -2.16. The molecule has 1 aromatic carbocycles. The SMILES string of the molecule is CC(C)CNC(=O)C(Cc1ccccc1)C(N)=NO. The van der Waals surface area contributed by atoms with Gasteiger partial charge in [0.2, 0.25) is 5.91 Å². The number of carbonyl (C=O) groups excluding carboxylic acids is 1. The van der Waals surface area contributed by atoms with Crippen LogP contribution in [0.4, 0.5) is 0 Å². The predicted octanol–water partition coefficient (Wildman–Crippen LogP) is 1.36. The summed E-state index contributed by atoms with van der Waals surface area (Å²) in [5.41, 5.74) is 6.58. The van der Waals surface area contributed by atoms with Crippen LogP contribution in [-0.4, -0.2) is 23.5 Å². The van der Waals surface area contributed by atoms with Crippen molar-refractivity contribution in [3.8, 4) is 0 Å². The molecule has 4 N–H and O–H groups in total. The van der Waals surface area contributed by atoms with Crippen LogP contribution in [0.15, 0.2) is 35.5 Å². The molecule has 19 heavy (non-hydrogen) atoms. The Hall–Kier alpha value is -2.04. The number of amidine groups is 1. The molecule has 0 saturated heterocycles. The van der Waals surface area contributed by atoms with E-state index in [0.717, 1.165) is 5.56 Å². The van der Waals surface area contributed by atoms with Crippen LogP contribution in [0.25, 0.3) is 0 Å². The number of carbonyl (C=O) groups is 1. The molecule has 0 heterocycles. The predicted molar refractivity (Wildman–Crippen MR) is 74.9 cm³/mol. The molecule has 5 nitrogen and oxygen atoms in total. The second-order valence-electron chi connectivity index (χ2n) is 4.91. The molecule has 1 unspecified atom stereocenters. The molecule has 1 atom stereocenters. The summed E-state index contributed by atoms with van der Waals surface area (Å²) in [7, 11) is 0. The zero-order valence-corrected chi connectivity index (χ0v) is 11.3. The second kappa shape index (κ2) is 7.41. The van der Waals surface area contributed by atoms with Crippen molar-refractivity contribution in [1.82, 2.24) is 5.32 Å². The van der Waals surface area contributed by atoms with Gasteiger partial charge in [0.25, 0.3) is 0 Å². The molecular formula is C14H21N3O2. The van der Waals surface area contributed by atoms with E-state index < -0.39 is 5.92 Å². The number of hydrogen-bond donors (Lipinski definition) is 3. The summed E-state index contributed by atoms with van der Waals surface area (Å²) in [5.74, 6) is -0.572. The number of amides is 1. The maximum atomic E-state index is 12.1. The first-order chi connectivity index (χ1) is 9.04. The molecule has 0 aliphatic carbocycles. The fraction of sp³-hybridized carbons (Fsp3) is 0.429. The lowest BCUT2D eigenvalue weighted by Crippen LogP contribution is -2.41. The van der Waals surface area contributed by atoms with Gasteiger partial charge in [-0.05, 0) is 17.9 Å². The Balaban J connectivity index is 2.75. The number of nitrogens with one attached hydrogen (secondary N) is 1. The highest BCUT2D eigenvalue weighted by molar-refractivity contribution is 6.02. The summed E-state index contributed by atoms with van der Waals surface area (Å²) in [6.45, 7) is 4.59. The minimum atomic E-state index is -0.647. The lowest BCUT2D eigenvalue weighted by molar-refractivity contribution is -0.123. The van der Waals surface area contributed by atoms with Crippen LogP contribution in [-0.2, 0) is 11.2 Å². The summed E-state index contributed by atoms with van der Waals surface area (Å²) in [4.78, 5) is 12.1. The molecule has 104 valence electrons. The minimum absolute atomic E-state index is 0.0647. The van der Waals surface area contributed by atoms with Gasteiger partial charge in [-0.25, -0.2) is 0 Å². The van der Waals surface area contributed by atoms with Crippen LogP contribution in [0.5, 0.6) is 0 Å². The molecule has 1 amide bonds. The largest absolute Gasteiger partial charge is 0.409 e. The van der Waals surface area contributed by atoms with Crippen LogP contribution in [0.1, 0.15) is 19.4 Å². The van der Waals surface area contributed by atoms with E-state index >= 15 is 0 Å². The number of hydrogen-bond acceptors (Lipinski definition) is 3. The Bertz CT molecular complexity index is 430. The fourth-order valence-corrected chi connectivity index (χ4v) is 1.68. The number of nitrogens with two attached hydrogens (primary N) is 1. The summed E-state index contributed by atoms with van der Waals surface area (Å²) in [5, 5.41) is 14.6. The van der Waals surface area contributed by atoms with Crippen molar-refractivity contribution in [1.29, 1.82) is 0 Å². The third-order valence-electron chi connectivity index (χ3n) is 2.76. The van der Waals surface area contributed by atoms with E-state index in [1.54, 1.807) is 0 Å². The van der Waals surface area contributed by atoms with E-state index in [2.05, 4.69) is 10.5 Å². The van der Waals surface area contributed by atoms with Gasteiger partial charge in [0.1, 0.15) is 5.92 Å². The highest BCUT2D eigenvalue weighted by atomic mass is 16.4. The third kappa shape index (κ3) is 4.99. The van der Waals surface area contributed by atoms with Crippen molar-refractivity contribution in [2.24, 2.45) is 22.7 Å². The summed E-state index contributed by atoms with van der Waals surface area (Å²) >= 11 is 0. The van der Waals surface area contributed by atoms with Crippen LogP contribution < -0.4 is 11.1 Å². The van der Waals surface area contributed by atoms with Gasteiger partial charge in [-0.2, -0.15) is 0 Å². The van der Waals surface area contributed by atoms with Gasteiger partial charge in [0.05, 0.1) is 0 Å². The van der Waals surface area contributed by atoms with Crippen LogP contribution in [0, 0.1) is 11.8 Å². The standard InChI is InChI=1S/C14H21N3O2/c1-10(2)9-16-14(18)12(13(15)17-19)8-11-6-4-3-5-7-11/h3-7,10,12,19H,8-9H2,1-2H3,(H2,15,17)(H,16,18). The number of rotatable bonds is 6. The molecule has 0 aliphatic heterocycles. The van der Waals surface area contributed by atoms with Crippen molar-refractivity contribution in [2.75, 3.05) is 6.54 Å². The maximum Gasteiger partial charge on any atom is 0.231 e. The molecule has 5 heteroatoms. The molecule has 1 rings (SSSR count). The van der Waals surface area contributed by atoms with Gasteiger partial charge in [0, 0.05) is 6.54 Å². The normalized spacial score (nSPS) is 13.3. The maximum absolute atomic E-state index is 12.1. The van der Waals surface area contributed by atoms with E-state index in [4.69, 9.17) is 10.9 Å². The zero-order chi connectivity index (χ0) is 14.3. The Morgan fingerprint density at radius 3 is 2.53 bits per heavy atom. The van der Waals surface area contributed by atoms with Crippen molar-refractivity contribution in [3.63, 3.8) is 0 Å². The van der Waals surface area contributed by atoms with Gasteiger partial charge in [-0.1, -0.05) is 49.3 Å². The van der Waals surface area contributed by atoms with Crippen molar-refractivity contribution < 1.29 is 10.0 Å². The average molecular weight is 263 g/mol. The number of oxime groups is 1. The van der Waals surface area contributed by atoms with E-state index in [1.807, 2.05) is 44.2 Å². The van der Waals surface area contributed by atoms with Crippen molar-refractivity contribution in [2.45, 2.75) is 20.3 Å². The fourth-order valence-electron chi connectivity index (χ4n) is 1.68. The molecule has 0 fully saturated rings. The van der Waals surface area contributed by atoms with E-state index in [-0.39, 0.29) is 11.7 Å². The molecule has 0 saturated carbocycles. The highest BCUT2D eigenvalue weighted by Gasteiger charge is 2.23. The van der Waals surface area contributed by atoms with E-state index in [0.29, 0.717) is 18.9 Å². The van der Waals surface area contributed by atoms with E-state index in [9.17, 15) is 4.79 Å². The first-order valence-electron chi connectivity index (χ1n) is 6.33. The zero-order valence-electron chi connectivity index (χ0n) is 11.3. The third-order valence-corrected chi connectivity index (χ3v) is 2.76.